The number of aromatic nitrogens is 2. The van der Waals surface area contributed by atoms with Gasteiger partial charge in [-0.15, -0.1) is 0 Å². The van der Waals surface area contributed by atoms with Crippen LogP contribution < -0.4 is 0 Å². The summed E-state index contributed by atoms with van der Waals surface area (Å²) in [5, 5.41) is 0. The van der Waals surface area contributed by atoms with Crippen molar-refractivity contribution < 1.29 is 14.3 Å². The first-order valence-electron chi connectivity index (χ1n) is 8.24. The summed E-state index contributed by atoms with van der Waals surface area (Å²) in [5.41, 5.74) is 0. The molecule has 2 aliphatic heterocycles. The van der Waals surface area contributed by atoms with E-state index in [1.165, 1.54) is 0 Å². The number of rotatable bonds is 5. The Hall–Kier alpha value is -1.89. The standard InChI is InChI=1S/C16H24N4O3/c1-23-9-8-20-11-13(10-14(20)21)16(22)19-6-2-12(3-7-19)15-17-4-5-18-15/h4-5,12-13H,2-3,6-11H2,1H3,(H,17,18). The molecule has 0 radical (unpaired) electrons. The molecule has 0 spiro atoms. The smallest absolute Gasteiger partial charge is 0.227 e. The Morgan fingerprint density at radius 2 is 2.22 bits per heavy atom. The van der Waals surface area contributed by atoms with Gasteiger partial charge in [0.1, 0.15) is 5.82 Å². The van der Waals surface area contributed by atoms with Crippen LogP contribution in [0.5, 0.6) is 0 Å². The fourth-order valence-corrected chi connectivity index (χ4v) is 3.49. The van der Waals surface area contributed by atoms with Gasteiger partial charge in [-0.05, 0) is 12.8 Å². The summed E-state index contributed by atoms with van der Waals surface area (Å²) in [4.78, 5) is 35.7. The Morgan fingerprint density at radius 1 is 1.43 bits per heavy atom. The molecule has 1 N–H and O–H groups in total. The van der Waals surface area contributed by atoms with E-state index >= 15 is 0 Å². The fraction of sp³-hybridized carbons (Fsp3) is 0.688. The van der Waals surface area contributed by atoms with Gasteiger partial charge >= 0.3 is 0 Å². The number of imidazole rings is 1. The van der Waals surface area contributed by atoms with Crippen molar-refractivity contribution in [3.8, 4) is 0 Å². The molecule has 1 atom stereocenters. The number of H-pyrrole nitrogens is 1. The van der Waals surface area contributed by atoms with Gasteiger partial charge in [0.15, 0.2) is 0 Å². The topological polar surface area (TPSA) is 78.5 Å². The third kappa shape index (κ3) is 3.55. The number of aromatic amines is 1. The first-order chi connectivity index (χ1) is 11.2. The number of methoxy groups -OCH3 is 1. The van der Waals surface area contributed by atoms with Crippen LogP contribution in [0, 0.1) is 5.92 Å². The van der Waals surface area contributed by atoms with Gasteiger partial charge in [-0.2, -0.15) is 0 Å². The normalized spacial score (nSPS) is 22.8. The van der Waals surface area contributed by atoms with Crippen LogP contribution in [-0.4, -0.2) is 71.5 Å². The zero-order chi connectivity index (χ0) is 16.2. The highest BCUT2D eigenvalue weighted by Crippen LogP contribution is 2.28. The lowest BCUT2D eigenvalue weighted by Crippen LogP contribution is -2.42. The van der Waals surface area contributed by atoms with E-state index in [0.29, 0.717) is 32.0 Å². The van der Waals surface area contributed by atoms with E-state index in [-0.39, 0.29) is 17.7 Å². The second kappa shape index (κ2) is 7.12. The summed E-state index contributed by atoms with van der Waals surface area (Å²) in [6.45, 7) is 3.10. The molecule has 0 aromatic carbocycles. The molecule has 3 heterocycles. The van der Waals surface area contributed by atoms with Crippen molar-refractivity contribution in [1.82, 2.24) is 19.8 Å². The van der Waals surface area contributed by atoms with Crippen molar-refractivity contribution in [3.05, 3.63) is 18.2 Å². The molecule has 1 aromatic heterocycles. The Morgan fingerprint density at radius 3 is 2.87 bits per heavy atom. The highest BCUT2D eigenvalue weighted by atomic mass is 16.5. The number of hydrogen-bond donors (Lipinski definition) is 1. The number of hydrogen-bond acceptors (Lipinski definition) is 4. The van der Waals surface area contributed by atoms with Crippen molar-refractivity contribution in [2.24, 2.45) is 5.92 Å². The molecule has 1 unspecified atom stereocenters. The molecular formula is C16H24N4O3. The number of carbonyl (C=O) groups is 2. The molecule has 0 bridgehead atoms. The summed E-state index contributed by atoms with van der Waals surface area (Å²) in [5.74, 6) is 1.40. The molecule has 0 aliphatic carbocycles. The molecule has 2 amide bonds. The monoisotopic (exact) mass is 320 g/mol. The molecule has 1 aromatic rings. The number of nitrogens with zero attached hydrogens (tertiary/aromatic N) is 3. The highest BCUT2D eigenvalue weighted by Gasteiger charge is 2.37. The molecule has 7 nitrogen and oxygen atoms in total. The SMILES string of the molecule is COCCN1CC(C(=O)N2CCC(c3ncc[nH]3)CC2)CC1=O. The number of likely N-dealkylation sites (tertiary alicyclic amines) is 2. The van der Waals surface area contributed by atoms with Crippen LogP contribution in [-0.2, 0) is 14.3 Å². The first-order valence-corrected chi connectivity index (χ1v) is 8.24. The first kappa shape index (κ1) is 16.0. The van der Waals surface area contributed by atoms with Gasteiger partial charge in [-0.25, -0.2) is 4.98 Å². The molecule has 0 saturated carbocycles. The molecule has 3 rings (SSSR count). The lowest BCUT2D eigenvalue weighted by Gasteiger charge is -2.32. The maximum absolute atomic E-state index is 12.7. The number of ether oxygens (including phenoxy) is 1. The number of amides is 2. The minimum Gasteiger partial charge on any atom is -0.383 e. The minimum atomic E-state index is -0.195. The van der Waals surface area contributed by atoms with Gasteiger partial charge in [0.25, 0.3) is 0 Å². The van der Waals surface area contributed by atoms with Crippen LogP contribution in [0.1, 0.15) is 31.0 Å². The van der Waals surface area contributed by atoms with Gasteiger partial charge in [-0.1, -0.05) is 0 Å². The van der Waals surface area contributed by atoms with Crippen molar-refractivity contribution in [2.45, 2.75) is 25.2 Å². The Balaban J connectivity index is 1.51. The van der Waals surface area contributed by atoms with E-state index in [0.717, 1.165) is 31.8 Å². The Labute approximate surface area is 136 Å². The number of nitrogens with one attached hydrogen (secondary N) is 1. The molecule has 7 heteroatoms. The van der Waals surface area contributed by atoms with Gasteiger partial charge in [0.05, 0.1) is 12.5 Å². The average molecular weight is 320 g/mol. The zero-order valence-electron chi connectivity index (χ0n) is 13.5. The largest absolute Gasteiger partial charge is 0.383 e. The lowest BCUT2D eigenvalue weighted by molar-refractivity contribution is -0.136. The van der Waals surface area contributed by atoms with E-state index in [9.17, 15) is 9.59 Å². The van der Waals surface area contributed by atoms with Crippen LogP contribution in [0.15, 0.2) is 12.4 Å². The van der Waals surface area contributed by atoms with Crippen LogP contribution in [0.2, 0.25) is 0 Å². The molecule has 2 aliphatic rings. The molecule has 126 valence electrons. The second-order valence-electron chi connectivity index (χ2n) is 6.31. The van der Waals surface area contributed by atoms with E-state index in [4.69, 9.17) is 4.74 Å². The summed E-state index contributed by atoms with van der Waals surface area (Å²) in [7, 11) is 1.62. The van der Waals surface area contributed by atoms with Crippen LogP contribution >= 0.6 is 0 Å². The molecular weight excluding hydrogens is 296 g/mol. The predicted octanol–water partition coefficient (Wildman–Crippen LogP) is 0.611. The van der Waals surface area contributed by atoms with Gasteiger partial charge in [0, 0.05) is 58.0 Å². The van der Waals surface area contributed by atoms with E-state index in [1.807, 2.05) is 11.1 Å². The van der Waals surface area contributed by atoms with Crippen molar-refractivity contribution >= 4 is 11.8 Å². The van der Waals surface area contributed by atoms with Crippen molar-refractivity contribution in [1.29, 1.82) is 0 Å². The Bertz CT molecular complexity index is 538. The van der Waals surface area contributed by atoms with Crippen LogP contribution in [0.25, 0.3) is 0 Å². The fourth-order valence-electron chi connectivity index (χ4n) is 3.49. The third-order valence-corrected chi connectivity index (χ3v) is 4.84. The van der Waals surface area contributed by atoms with E-state index < -0.39 is 0 Å². The van der Waals surface area contributed by atoms with Gasteiger partial charge in [-0.3, -0.25) is 9.59 Å². The predicted molar refractivity (Wildman–Crippen MR) is 83.7 cm³/mol. The second-order valence-corrected chi connectivity index (χ2v) is 6.31. The molecule has 2 fully saturated rings. The Kier molecular flexibility index (Phi) is 4.95. The third-order valence-electron chi connectivity index (χ3n) is 4.84. The maximum Gasteiger partial charge on any atom is 0.227 e. The van der Waals surface area contributed by atoms with Crippen LogP contribution in [0.4, 0.5) is 0 Å². The zero-order valence-corrected chi connectivity index (χ0v) is 13.5. The van der Waals surface area contributed by atoms with Gasteiger partial charge < -0.3 is 19.5 Å². The van der Waals surface area contributed by atoms with E-state index in [2.05, 4.69) is 9.97 Å². The van der Waals surface area contributed by atoms with E-state index in [1.54, 1.807) is 18.2 Å². The summed E-state index contributed by atoms with van der Waals surface area (Å²) in [6.07, 6.45) is 5.79. The van der Waals surface area contributed by atoms with Crippen LogP contribution in [0.3, 0.4) is 0 Å². The number of carbonyl (C=O) groups excluding carboxylic acids is 2. The molecule has 23 heavy (non-hydrogen) atoms. The van der Waals surface area contributed by atoms with Crippen molar-refractivity contribution in [2.75, 3.05) is 39.9 Å². The maximum atomic E-state index is 12.7. The van der Waals surface area contributed by atoms with Gasteiger partial charge in [0.2, 0.25) is 11.8 Å². The highest BCUT2D eigenvalue weighted by molar-refractivity contribution is 5.89. The van der Waals surface area contributed by atoms with Crippen molar-refractivity contribution in [3.63, 3.8) is 0 Å². The quantitative estimate of drug-likeness (QED) is 0.862. The number of piperidine rings is 1. The average Bonchev–Trinajstić information content (AvgIpc) is 3.22. The lowest BCUT2D eigenvalue weighted by atomic mass is 9.95. The summed E-state index contributed by atoms with van der Waals surface area (Å²) < 4.78 is 5.01. The summed E-state index contributed by atoms with van der Waals surface area (Å²) >= 11 is 0. The molecule has 2 saturated heterocycles. The minimum absolute atomic E-state index is 0.0610. The summed E-state index contributed by atoms with van der Waals surface area (Å²) in [6, 6.07) is 0.